The zero-order valence-corrected chi connectivity index (χ0v) is 20.2. The zero-order valence-electron chi connectivity index (χ0n) is 19.4. The number of benzene rings is 2. The molecule has 2 aromatic carbocycles. The lowest BCUT2D eigenvalue weighted by atomic mass is 9.95. The minimum absolute atomic E-state index is 0.117. The van der Waals surface area contributed by atoms with Crippen LogP contribution in [-0.4, -0.2) is 23.2 Å². The second kappa shape index (κ2) is 9.77. The number of ether oxygens (including phenoxy) is 2. The van der Waals surface area contributed by atoms with Gasteiger partial charge in [0.15, 0.2) is 4.80 Å². The summed E-state index contributed by atoms with van der Waals surface area (Å²) < 4.78 is 27.4. The number of thiazole rings is 1. The van der Waals surface area contributed by atoms with Crippen LogP contribution in [0.2, 0.25) is 0 Å². The third-order valence-corrected chi connectivity index (χ3v) is 6.27. The molecule has 176 valence electrons. The number of hydrogen-bond acceptors (Lipinski definition) is 6. The average molecular weight is 481 g/mol. The molecule has 0 saturated heterocycles. The van der Waals surface area contributed by atoms with Gasteiger partial charge in [0, 0.05) is 11.1 Å². The van der Waals surface area contributed by atoms with Crippen molar-refractivity contribution in [1.29, 1.82) is 0 Å². The summed E-state index contributed by atoms with van der Waals surface area (Å²) in [5, 5.41) is 0. The van der Waals surface area contributed by atoms with Gasteiger partial charge in [0.2, 0.25) is 0 Å². The first-order chi connectivity index (χ1) is 16.3. The van der Waals surface area contributed by atoms with Gasteiger partial charge in [0.25, 0.3) is 5.56 Å². The highest BCUT2D eigenvalue weighted by Gasteiger charge is 2.35. The molecule has 8 heteroatoms. The molecular formula is C26H25FN2O4S. The number of carbonyl (C=O) groups excluding carboxylic acids is 1. The second-order valence-corrected chi connectivity index (χ2v) is 9.04. The molecule has 1 aromatic heterocycles. The van der Waals surface area contributed by atoms with Crippen LogP contribution in [0.15, 0.2) is 69.6 Å². The summed E-state index contributed by atoms with van der Waals surface area (Å²) >= 11 is 1.15. The Hall–Kier alpha value is -3.52. The summed E-state index contributed by atoms with van der Waals surface area (Å²) in [6.45, 7) is 7.44. The molecule has 0 saturated carbocycles. The molecule has 4 rings (SSSR count). The van der Waals surface area contributed by atoms with Crippen LogP contribution in [0.4, 0.5) is 4.39 Å². The van der Waals surface area contributed by atoms with Crippen molar-refractivity contribution in [3.8, 4) is 5.75 Å². The van der Waals surface area contributed by atoms with Crippen molar-refractivity contribution in [3.63, 3.8) is 0 Å². The molecule has 0 N–H and O–H groups in total. The van der Waals surface area contributed by atoms with Gasteiger partial charge in [-0.2, -0.15) is 0 Å². The van der Waals surface area contributed by atoms with Gasteiger partial charge < -0.3 is 9.47 Å². The number of aromatic nitrogens is 1. The Kier molecular flexibility index (Phi) is 6.79. The van der Waals surface area contributed by atoms with E-state index in [-0.39, 0.29) is 23.8 Å². The van der Waals surface area contributed by atoms with Crippen LogP contribution in [0, 0.1) is 5.82 Å². The lowest BCUT2D eigenvalue weighted by Gasteiger charge is -2.26. The predicted octanol–water partition coefficient (Wildman–Crippen LogP) is 3.72. The van der Waals surface area contributed by atoms with Crippen molar-refractivity contribution >= 4 is 23.4 Å². The molecule has 2 heterocycles. The maximum Gasteiger partial charge on any atom is 0.338 e. The number of nitrogens with zero attached hydrogens (tertiary/aromatic N) is 2. The van der Waals surface area contributed by atoms with E-state index in [9.17, 15) is 14.0 Å². The number of hydrogen-bond donors (Lipinski definition) is 0. The molecule has 0 spiro atoms. The summed E-state index contributed by atoms with van der Waals surface area (Å²) in [5.41, 5.74) is 1.31. The fourth-order valence-corrected chi connectivity index (χ4v) is 4.92. The van der Waals surface area contributed by atoms with Crippen molar-refractivity contribution < 1.29 is 18.7 Å². The Balaban J connectivity index is 2.00. The number of para-hydroxylation sites is 1. The van der Waals surface area contributed by atoms with Gasteiger partial charge in [-0.05, 0) is 45.9 Å². The molecular weight excluding hydrogens is 455 g/mol. The fourth-order valence-electron chi connectivity index (χ4n) is 3.89. The number of rotatable bonds is 6. The maximum absolute atomic E-state index is 14.3. The van der Waals surface area contributed by atoms with E-state index in [2.05, 4.69) is 4.99 Å². The van der Waals surface area contributed by atoms with Crippen LogP contribution >= 0.6 is 11.3 Å². The molecule has 3 aromatic rings. The summed E-state index contributed by atoms with van der Waals surface area (Å²) in [6, 6.07) is 12.7. The van der Waals surface area contributed by atoms with E-state index in [0.717, 1.165) is 11.3 Å². The van der Waals surface area contributed by atoms with E-state index in [1.165, 1.54) is 16.7 Å². The maximum atomic E-state index is 14.3. The summed E-state index contributed by atoms with van der Waals surface area (Å²) in [4.78, 5) is 31.6. The van der Waals surface area contributed by atoms with Crippen LogP contribution in [0.25, 0.3) is 6.08 Å². The number of esters is 1. The number of fused-ring (bicyclic) bond motifs is 1. The van der Waals surface area contributed by atoms with Crippen LogP contribution < -0.4 is 19.6 Å². The lowest BCUT2D eigenvalue weighted by Crippen LogP contribution is -2.40. The topological polar surface area (TPSA) is 69.9 Å². The van der Waals surface area contributed by atoms with Gasteiger partial charge in [-0.15, -0.1) is 0 Å². The van der Waals surface area contributed by atoms with Gasteiger partial charge in [-0.3, -0.25) is 9.36 Å². The third-order valence-electron chi connectivity index (χ3n) is 5.29. The molecule has 0 unspecified atom stereocenters. The zero-order chi connectivity index (χ0) is 24.4. The fraction of sp³-hybridized carbons (Fsp3) is 0.269. The SMILES string of the molecule is CCOC(=O)C1=C(C)N=c2s/c(=C/c3ccccc3F)c(=O)n2[C@@H]1c1ccccc1OC(C)C. The van der Waals surface area contributed by atoms with Crippen molar-refractivity contribution in [3.05, 3.63) is 96.4 Å². The first-order valence-electron chi connectivity index (χ1n) is 11.0. The average Bonchev–Trinajstić information content (AvgIpc) is 3.09. The normalized spacial score (nSPS) is 15.8. The molecule has 1 aliphatic rings. The van der Waals surface area contributed by atoms with Crippen LogP contribution in [-0.2, 0) is 9.53 Å². The predicted molar refractivity (Wildman–Crippen MR) is 129 cm³/mol. The molecule has 1 aliphatic heterocycles. The van der Waals surface area contributed by atoms with E-state index in [1.807, 2.05) is 38.1 Å². The Morgan fingerprint density at radius 3 is 2.62 bits per heavy atom. The van der Waals surface area contributed by atoms with Gasteiger partial charge in [0.1, 0.15) is 17.6 Å². The van der Waals surface area contributed by atoms with E-state index < -0.39 is 17.8 Å². The largest absolute Gasteiger partial charge is 0.491 e. The Bertz CT molecular complexity index is 1450. The summed E-state index contributed by atoms with van der Waals surface area (Å²) in [7, 11) is 0. The second-order valence-electron chi connectivity index (χ2n) is 8.03. The molecule has 0 bridgehead atoms. The van der Waals surface area contributed by atoms with E-state index in [4.69, 9.17) is 9.47 Å². The standard InChI is InChI=1S/C26H25FN2O4S/c1-5-32-25(31)22-16(4)28-26-29(23(22)18-11-7-9-13-20(18)33-15(2)3)24(30)21(34-26)14-17-10-6-8-12-19(17)27/h6-15,23H,5H2,1-4H3/b21-14+/t23-/m1/s1. The van der Waals surface area contributed by atoms with E-state index >= 15 is 0 Å². The quantitative estimate of drug-likeness (QED) is 0.504. The molecule has 6 nitrogen and oxygen atoms in total. The molecule has 0 aliphatic carbocycles. The number of carbonyl (C=O) groups is 1. The smallest absolute Gasteiger partial charge is 0.338 e. The molecule has 0 radical (unpaired) electrons. The van der Waals surface area contributed by atoms with E-state index in [0.29, 0.717) is 31.9 Å². The van der Waals surface area contributed by atoms with Gasteiger partial charge in [-0.1, -0.05) is 47.7 Å². The van der Waals surface area contributed by atoms with Crippen molar-refractivity contribution in [1.82, 2.24) is 4.57 Å². The Morgan fingerprint density at radius 2 is 1.91 bits per heavy atom. The van der Waals surface area contributed by atoms with Crippen molar-refractivity contribution in [2.24, 2.45) is 4.99 Å². The monoisotopic (exact) mass is 480 g/mol. The number of allylic oxidation sites excluding steroid dienone is 1. The highest BCUT2D eigenvalue weighted by atomic mass is 32.1. The van der Waals surface area contributed by atoms with E-state index in [1.54, 1.807) is 32.0 Å². The highest BCUT2D eigenvalue weighted by Crippen LogP contribution is 2.36. The van der Waals surface area contributed by atoms with Crippen LogP contribution in [0.1, 0.15) is 44.9 Å². The summed E-state index contributed by atoms with van der Waals surface area (Å²) in [6.07, 6.45) is 1.39. The number of halogens is 1. The Labute approximate surface area is 200 Å². The first kappa shape index (κ1) is 23.6. The van der Waals surface area contributed by atoms with Gasteiger partial charge >= 0.3 is 5.97 Å². The van der Waals surface area contributed by atoms with Crippen LogP contribution in [0.3, 0.4) is 0 Å². The van der Waals surface area contributed by atoms with Crippen molar-refractivity contribution in [2.45, 2.75) is 39.8 Å². The highest BCUT2D eigenvalue weighted by molar-refractivity contribution is 7.07. The minimum atomic E-state index is -0.798. The molecule has 0 fully saturated rings. The van der Waals surface area contributed by atoms with Gasteiger partial charge in [-0.25, -0.2) is 14.2 Å². The summed E-state index contributed by atoms with van der Waals surface area (Å²) in [5.74, 6) is -0.414. The van der Waals surface area contributed by atoms with Crippen LogP contribution in [0.5, 0.6) is 5.75 Å². The Morgan fingerprint density at radius 1 is 1.21 bits per heavy atom. The van der Waals surface area contributed by atoms with Gasteiger partial charge in [0.05, 0.1) is 28.5 Å². The van der Waals surface area contributed by atoms with Crippen molar-refractivity contribution in [2.75, 3.05) is 6.61 Å². The minimum Gasteiger partial charge on any atom is -0.491 e. The first-order valence-corrected chi connectivity index (χ1v) is 11.8. The molecule has 1 atom stereocenters. The lowest BCUT2D eigenvalue weighted by molar-refractivity contribution is -0.139. The molecule has 34 heavy (non-hydrogen) atoms. The third kappa shape index (κ3) is 4.46. The molecule has 0 amide bonds.